The Morgan fingerprint density at radius 1 is 1.35 bits per heavy atom. The van der Waals surface area contributed by atoms with Gasteiger partial charge >= 0.3 is 0 Å². The van der Waals surface area contributed by atoms with Crippen LogP contribution in [0, 0.1) is 0 Å². The lowest BCUT2D eigenvalue weighted by Crippen LogP contribution is -2.31. The van der Waals surface area contributed by atoms with Gasteiger partial charge in [0.2, 0.25) is 10.0 Å². The summed E-state index contributed by atoms with van der Waals surface area (Å²) in [5.41, 5.74) is 9.66. The number of rotatable bonds is 7. The van der Waals surface area contributed by atoms with E-state index in [-0.39, 0.29) is 0 Å². The molecular weight excluding hydrogens is 312 g/mol. The maximum atomic E-state index is 11.5. The maximum absolute atomic E-state index is 11.5. The van der Waals surface area contributed by atoms with Crippen molar-refractivity contribution in [1.29, 1.82) is 0 Å². The van der Waals surface area contributed by atoms with Crippen LogP contribution in [0.4, 0.5) is 5.69 Å². The number of fused-ring (bicyclic) bond motifs is 1. The van der Waals surface area contributed by atoms with Gasteiger partial charge in [-0.05, 0) is 48.9 Å². The SMILES string of the molecule is CCN(CCCN=C(N)Nc1ccc2c(c1)CCC2)S(C)(=O)=O. The van der Waals surface area contributed by atoms with Crippen LogP contribution in [0.3, 0.4) is 0 Å². The van der Waals surface area contributed by atoms with Gasteiger partial charge in [-0.3, -0.25) is 4.99 Å². The Morgan fingerprint density at radius 3 is 2.78 bits per heavy atom. The van der Waals surface area contributed by atoms with Crippen molar-refractivity contribution in [1.82, 2.24) is 4.31 Å². The Bertz CT molecular complexity index is 671. The molecule has 7 heteroatoms. The number of hydrogen-bond acceptors (Lipinski definition) is 3. The van der Waals surface area contributed by atoms with Gasteiger partial charge in [-0.15, -0.1) is 0 Å². The molecule has 2 rings (SSSR count). The largest absolute Gasteiger partial charge is 0.370 e. The first-order chi connectivity index (χ1) is 10.9. The van der Waals surface area contributed by atoms with Gasteiger partial charge in [-0.2, -0.15) is 0 Å². The minimum atomic E-state index is -3.13. The lowest BCUT2D eigenvalue weighted by molar-refractivity contribution is 0.427. The van der Waals surface area contributed by atoms with Crippen molar-refractivity contribution in [3.63, 3.8) is 0 Å². The number of anilines is 1. The zero-order valence-electron chi connectivity index (χ0n) is 13.9. The monoisotopic (exact) mass is 338 g/mol. The van der Waals surface area contributed by atoms with Gasteiger partial charge in [0.1, 0.15) is 0 Å². The van der Waals surface area contributed by atoms with Crippen molar-refractivity contribution >= 4 is 21.7 Å². The molecule has 0 saturated heterocycles. The molecule has 0 spiro atoms. The average Bonchev–Trinajstić information content (AvgIpc) is 2.93. The molecule has 23 heavy (non-hydrogen) atoms. The molecule has 0 unspecified atom stereocenters. The number of benzene rings is 1. The molecule has 0 amide bonds. The molecule has 0 atom stereocenters. The zero-order valence-corrected chi connectivity index (χ0v) is 14.7. The molecule has 128 valence electrons. The number of nitrogens with one attached hydrogen (secondary N) is 1. The van der Waals surface area contributed by atoms with E-state index in [4.69, 9.17) is 5.73 Å². The minimum absolute atomic E-state index is 0.366. The van der Waals surface area contributed by atoms with Crippen LogP contribution in [0.15, 0.2) is 23.2 Å². The molecule has 0 aromatic heterocycles. The van der Waals surface area contributed by atoms with Crippen LogP contribution in [0.25, 0.3) is 0 Å². The lowest BCUT2D eigenvalue weighted by Gasteiger charge is -2.16. The van der Waals surface area contributed by atoms with E-state index in [0.717, 1.165) is 18.5 Å². The Morgan fingerprint density at radius 2 is 2.09 bits per heavy atom. The Hall–Kier alpha value is -1.60. The van der Waals surface area contributed by atoms with Crippen molar-refractivity contribution in [2.75, 3.05) is 31.2 Å². The Kier molecular flexibility index (Phi) is 6.01. The third-order valence-corrected chi connectivity index (χ3v) is 5.42. The average molecular weight is 338 g/mol. The smallest absolute Gasteiger partial charge is 0.211 e. The maximum Gasteiger partial charge on any atom is 0.211 e. The summed E-state index contributed by atoms with van der Waals surface area (Å²) in [6, 6.07) is 6.30. The number of hydrogen-bond donors (Lipinski definition) is 2. The van der Waals surface area contributed by atoms with E-state index in [1.165, 1.54) is 28.1 Å². The topological polar surface area (TPSA) is 87.8 Å². The molecule has 0 saturated carbocycles. The third kappa shape index (κ3) is 5.21. The number of nitrogens with two attached hydrogens (primary N) is 1. The van der Waals surface area contributed by atoms with Crippen molar-refractivity contribution < 1.29 is 8.42 Å². The van der Waals surface area contributed by atoms with Gasteiger partial charge in [0.25, 0.3) is 0 Å². The lowest BCUT2D eigenvalue weighted by atomic mass is 10.1. The third-order valence-electron chi connectivity index (χ3n) is 4.04. The number of nitrogens with zero attached hydrogens (tertiary/aromatic N) is 2. The highest BCUT2D eigenvalue weighted by molar-refractivity contribution is 7.88. The molecule has 0 fully saturated rings. The van der Waals surface area contributed by atoms with Crippen molar-refractivity contribution in [2.24, 2.45) is 10.7 Å². The standard InChI is InChI=1S/C16H26N4O2S/c1-3-20(23(2,21)22)11-5-10-18-16(17)19-15-9-8-13-6-4-7-14(13)12-15/h8-9,12H,3-7,10-11H2,1-2H3,(H3,17,18,19). The van der Waals surface area contributed by atoms with Crippen molar-refractivity contribution in [3.8, 4) is 0 Å². The molecule has 0 radical (unpaired) electrons. The van der Waals surface area contributed by atoms with Crippen LogP contribution in [0.1, 0.15) is 30.9 Å². The molecule has 6 nitrogen and oxygen atoms in total. The predicted octanol–water partition coefficient (Wildman–Crippen LogP) is 1.57. The Balaban J connectivity index is 1.81. The van der Waals surface area contributed by atoms with E-state index in [2.05, 4.69) is 22.4 Å². The van der Waals surface area contributed by atoms with E-state index in [0.29, 0.717) is 32.0 Å². The molecule has 1 aliphatic rings. The van der Waals surface area contributed by atoms with E-state index in [9.17, 15) is 8.42 Å². The number of guanidine groups is 1. The molecule has 1 aromatic rings. The molecule has 0 heterocycles. The van der Waals surface area contributed by atoms with Crippen LogP contribution in [0.2, 0.25) is 0 Å². The molecule has 0 bridgehead atoms. The molecular formula is C16H26N4O2S. The van der Waals surface area contributed by atoms with Crippen LogP contribution < -0.4 is 11.1 Å². The normalized spacial score (nSPS) is 15.0. The highest BCUT2D eigenvalue weighted by atomic mass is 32.2. The van der Waals surface area contributed by atoms with Crippen molar-refractivity contribution in [2.45, 2.75) is 32.6 Å². The summed E-state index contributed by atoms with van der Waals surface area (Å²) in [6.07, 6.45) is 5.38. The summed E-state index contributed by atoms with van der Waals surface area (Å²) in [7, 11) is -3.13. The highest BCUT2D eigenvalue weighted by Gasteiger charge is 2.13. The first-order valence-electron chi connectivity index (χ1n) is 8.04. The number of sulfonamides is 1. The van der Waals surface area contributed by atoms with E-state index >= 15 is 0 Å². The van der Waals surface area contributed by atoms with Gasteiger partial charge in [-0.1, -0.05) is 13.0 Å². The quantitative estimate of drug-likeness (QED) is 0.449. The van der Waals surface area contributed by atoms with Crippen molar-refractivity contribution in [3.05, 3.63) is 29.3 Å². The van der Waals surface area contributed by atoms with E-state index in [1.807, 2.05) is 13.0 Å². The summed E-state index contributed by atoms with van der Waals surface area (Å²) in [5.74, 6) is 0.366. The predicted molar refractivity (Wildman–Crippen MR) is 95.3 cm³/mol. The summed E-state index contributed by atoms with van der Waals surface area (Å²) >= 11 is 0. The second kappa shape index (κ2) is 7.79. The fourth-order valence-corrected chi connectivity index (χ4v) is 3.77. The van der Waals surface area contributed by atoms with Crippen LogP contribution in [-0.2, 0) is 22.9 Å². The van der Waals surface area contributed by atoms with E-state index < -0.39 is 10.0 Å². The van der Waals surface area contributed by atoms with Gasteiger partial charge in [0.15, 0.2) is 5.96 Å². The minimum Gasteiger partial charge on any atom is -0.370 e. The number of aryl methyl sites for hydroxylation is 2. The molecule has 1 aliphatic carbocycles. The first-order valence-corrected chi connectivity index (χ1v) is 9.89. The Labute approximate surface area is 138 Å². The van der Waals surface area contributed by atoms with Gasteiger partial charge in [0, 0.05) is 25.3 Å². The summed E-state index contributed by atoms with van der Waals surface area (Å²) in [5, 5.41) is 3.10. The molecule has 1 aromatic carbocycles. The summed E-state index contributed by atoms with van der Waals surface area (Å²) in [4.78, 5) is 4.26. The fraction of sp³-hybridized carbons (Fsp3) is 0.562. The highest BCUT2D eigenvalue weighted by Crippen LogP contribution is 2.24. The summed E-state index contributed by atoms with van der Waals surface area (Å²) < 4.78 is 24.4. The second-order valence-electron chi connectivity index (χ2n) is 5.84. The summed E-state index contributed by atoms with van der Waals surface area (Å²) in [6.45, 7) is 3.26. The second-order valence-corrected chi connectivity index (χ2v) is 7.82. The fourth-order valence-electron chi connectivity index (χ4n) is 2.84. The van der Waals surface area contributed by atoms with Crippen LogP contribution in [-0.4, -0.2) is 44.6 Å². The van der Waals surface area contributed by atoms with Gasteiger partial charge in [0.05, 0.1) is 6.26 Å². The molecule has 0 aliphatic heterocycles. The first kappa shape index (κ1) is 17.7. The van der Waals surface area contributed by atoms with Gasteiger partial charge < -0.3 is 11.1 Å². The van der Waals surface area contributed by atoms with Crippen LogP contribution in [0.5, 0.6) is 0 Å². The zero-order chi connectivity index (χ0) is 16.9. The molecule has 3 N–H and O–H groups in total. The number of aliphatic imine (C=N–C) groups is 1. The van der Waals surface area contributed by atoms with E-state index in [1.54, 1.807) is 0 Å². The van der Waals surface area contributed by atoms with Crippen LogP contribution >= 0.6 is 0 Å². The van der Waals surface area contributed by atoms with Gasteiger partial charge in [-0.25, -0.2) is 12.7 Å².